The van der Waals surface area contributed by atoms with Crippen molar-refractivity contribution in [3.05, 3.63) is 54.1 Å². The Morgan fingerprint density at radius 3 is 2.68 bits per heavy atom. The zero-order valence-corrected chi connectivity index (χ0v) is 14.9. The van der Waals surface area contributed by atoms with Gasteiger partial charge in [-0.25, -0.2) is 0 Å². The van der Waals surface area contributed by atoms with Gasteiger partial charge in [-0.1, -0.05) is 37.6 Å². The molecule has 1 heterocycles. The molecule has 0 spiro atoms. The lowest BCUT2D eigenvalue weighted by Crippen LogP contribution is -2.43. The van der Waals surface area contributed by atoms with E-state index in [2.05, 4.69) is 17.2 Å². The van der Waals surface area contributed by atoms with E-state index in [0.29, 0.717) is 6.04 Å². The van der Waals surface area contributed by atoms with Crippen molar-refractivity contribution in [1.29, 1.82) is 0 Å². The Bertz CT molecular complexity index is 727. The minimum Gasteiger partial charge on any atom is -0.336 e. The van der Waals surface area contributed by atoms with E-state index in [9.17, 15) is 4.79 Å². The lowest BCUT2D eigenvalue weighted by atomic mass is 9.96. The molecule has 1 saturated heterocycles. The number of nitrogen functional groups attached to an aromatic ring is 1. The second-order valence-corrected chi connectivity index (χ2v) is 6.74. The van der Waals surface area contributed by atoms with E-state index in [4.69, 9.17) is 5.84 Å². The highest BCUT2D eigenvalue weighted by atomic mass is 16.2. The van der Waals surface area contributed by atoms with Gasteiger partial charge in [-0.2, -0.15) is 0 Å². The van der Waals surface area contributed by atoms with E-state index in [0.717, 1.165) is 54.6 Å². The average Bonchev–Trinajstić information content (AvgIpc) is 2.68. The number of hydrazine groups is 1. The molecule has 4 heteroatoms. The van der Waals surface area contributed by atoms with Crippen LogP contribution in [0.15, 0.2) is 48.5 Å². The van der Waals surface area contributed by atoms with Crippen LogP contribution in [0, 0.1) is 0 Å². The molecule has 1 aliphatic rings. The molecule has 1 atom stereocenters. The Morgan fingerprint density at radius 2 is 1.92 bits per heavy atom. The van der Waals surface area contributed by atoms with Crippen molar-refractivity contribution in [3.8, 4) is 11.1 Å². The van der Waals surface area contributed by atoms with E-state index < -0.39 is 0 Å². The number of likely N-dealkylation sites (tertiary alicyclic amines) is 1. The van der Waals surface area contributed by atoms with Gasteiger partial charge in [0, 0.05) is 23.8 Å². The second-order valence-electron chi connectivity index (χ2n) is 6.74. The molecule has 0 unspecified atom stereocenters. The quantitative estimate of drug-likeness (QED) is 0.626. The number of hydrogen-bond donors (Lipinski definition) is 2. The number of piperidine rings is 1. The van der Waals surface area contributed by atoms with Crippen molar-refractivity contribution in [2.75, 3.05) is 12.0 Å². The predicted molar refractivity (Wildman–Crippen MR) is 103 cm³/mol. The Balaban J connectivity index is 1.86. The fourth-order valence-corrected chi connectivity index (χ4v) is 3.69. The summed E-state index contributed by atoms with van der Waals surface area (Å²) in [5.41, 5.74) is 6.38. The maximum atomic E-state index is 13.1. The molecule has 4 nitrogen and oxygen atoms in total. The zero-order chi connectivity index (χ0) is 17.6. The highest BCUT2D eigenvalue weighted by Gasteiger charge is 2.26. The molecule has 1 fully saturated rings. The minimum atomic E-state index is 0.160. The lowest BCUT2D eigenvalue weighted by molar-refractivity contribution is 0.0600. The van der Waals surface area contributed by atoms with Crippen LogP contribution in [-0.2, 0) is 0 Å². The molecular formula is C21H27N3O. The van der Waals surface area contributed by atoms with Crippen LogP contribution in [0.3, 0.4) is 0 Å². The fourth-order valence-electron chi connectivity index (χ4n) is 3.69. The molecular weight excluding hydrogens is 310 g/mol. The van der Waals surface area contributed by atoms with Crippen LogP contribution in [0.2, 0.25) is 0 Å². The fraction of sp³-hybridized carbons (Fsp3) is 0.381. The molecule has 25 heavy (non-hydrogen) atoms. The molecule has 3 rings (SSSR count). The summed E-state index contributed by atoms with van der Waals surface area (Å²) in [4.78, 5) is 15.2. The van der Waals surface area contributed by atoms with Crippen LogP contribution in [0.25, 0.3) is 11.1 Å². The minimum absolute atomic E-state index is 0.160. The van der Waals surface area contributed by atoms with E-state index in [1.807, 2.05) is 48.5 Å². The molecule has 3 N–H and O–H groups in total. The summed E-state index contributed by atoms with van der Waals surface area (Å²) in [5, 5.41) is 0. The van der Waals surface area contributed by atoms with Gasteiger partial charge in [0.1, 0.15) is 0 Å². The number of nitrogens with one attached hydrogen (secondary N) is 1. The zero-order valence-electron chi connectivity index (χ0n) is 14.9. The predicted octanol–water partition coefficient (Wildman–Crippen LogP) is 4.43. The first-order valence-corrected chi connectivity index (χ1v) is 9.21. The van der Waals surface area contributed by atoms with E-state index in [1.165, 1.54) is 6.42 Å². The highest BCUT2D eigenvalue weighted by Crippen LogP contribution is 2.26. The molecule has 0 aliphatic carbocycles. The van der Waals surface area contributed by atoms with Gasteiger partial charge in [-0.15, -0.1) is 0 Å². The van der Waals surface area contributed by atoms with E-state index in [1.54, 1.807) is 0 Å². The summed E-state index contributed by atoms with van der Waals surface area (Å²) in [5.74, 6) is 5.67. The number of nitrogens with zero attached hydrogens (tertiary/aromatic N) is 1. The highest BCUT2D eigenvalue weighted by molar-refractivity contribution is 5.95. The largest absolute Gasteiger partial charge is 0.336 e. The Labute approximate surface area is 150 Å². The SMILES string of the molecule is CCC[C@@H]1CCCCN1C(=O)c1cccc(-c2cccc(NN)c2)c1. The molecule has 0 radical (unpaired) electrons. The third-order valence-electron chi connectivity index (χ3n) is 4.98. The maximum Gasteiger partial charge on any atom is 0.254 e. The first kappa shape index (κ1) is 17.5. The van der Waals surface area contributed by atoms with Crippen molar-refractivity contribution >= 4 is 11.6 Å². The molecule has 2 aromatic rings. The summed E-state index contributed by atoms with van der Waals surface area (Å²) in [7, 11) is 0. The third-order valence-corrected chi connectivity index (χ3v) is 4.98. The molecule has 0 bridgehead atoms. The van der Waals surface area contributed by atoms with Gasteiger partial charge in [0.25, 0.3) is 5.91 Å². The number of hydrogen-bond acceptors (Lipinski definition) is 3. The number of carbonyl (C=O) groups is 1. The van der Waals surface area contributed by atoms with Crippen LogP contribution in [0.5, 0.6) is 0 Å². The Kier molecular flexibility index (Phi) is 5.71. The van der Waals surface area contributed by atoms with Crippen molar-refractivity contribution in [2.24, 2.45) is 5.84 Å². The van der Waals surface area contributed by atoms with Crippen molar-refractivity contribution in [3.63, 3.8) is 0 Å². The number of anilines is 1. The number of nitrogens with two attached hydrogens (primary N) is 1. The summed E-state index contributed by atoms with van der Waals surface area (Å²) >= 11 is 0. The topological polar surface area (TPSA) is 58.4 Å². The van der Waals surface area contributed by atoms with Crippen molar-refractivity contribution in [2.45, 2.75) is 45.1 Å². The van der Waals surface area contributed by atoms with Crippen LogP contribution in [0.1, 0.15) is 49.4 Å². The first-order chi connectivity index (χ1) is 12.2. The monoisotopic (exact) mass is 337 g/mol. The van der Waals surface area contributed by atoms with Crippen molar-refractivity contribution in [1.82, 2.24) is 4.90 Å². The molecule has 2 aromatic carbocycles. The van der Waals surface area contributed by atoms with Gasteiger partial charge in [0.15, 0.2) is 0 Å². The van der Waals surface area contributed by atoms with Gasteiger partial charge in [0.05, 0.1) is 0 Å². The summed E-state index contributed by atoms with van der Waals surface area (Å²) in [6.07, 6.45) is 5.68. The lowest BCUT2D eigenvalue weighted by Gasteiger charge is -2.36. The van der Waals surface area contributed by atoms with Crippen LogP contribution >= 0.6 is 0 Å². The van der Waals surface area contributed by atoms with E-state index >= 15 is 0 Å². The smallest absolute Gasteiger partial charge is 0.254 e. The van der Waals surface area contributed by atoms with Gasteiger partial charge >= 0.3 is 0 Å². The van der Waals surface area contributed by atoms with E-state index in [-0.39, 0.29) is 5.91 Å². The van der Waals surface area contributed by atoms with Gasteiger partial charge in [0.2, 0.25) is 0 Å². The Hall–Kier alpha value is -2.33. The molecule has 0 aromatic heterocycles. The summed E-state index contributed by atoms with van der Waals surface area (Å²) in [6.45, 7) is 3.07. The second kappa shape index (κ2) is 8.17. The first-order valence-electron chi connectivity index (χ1n) is 9.21. The van der Waals surface area contributed by atoms with Crippen molar-refractivity contribution < 1.29 is 4.79 Å². The number of rotatable bonds is 5. The number of amides is 1. The number of benzene rings is 2. The maximum absolute atomic E-state index is 13.1. The molecule has 0 saturated carbocycles. The Morgan fingerprint density at radius 1 is 1.16 bits per heavy atom. The molecule has 1 amide bonds. The van der Waals surface area contributed by atoms with Crippen LogP contribution in [-0.4, -0.2) is 23.4 Å². The van der Waals surface area contributed by atoms with Crippen LogP contribution < -0.4 is 11.3 Å². The average molecular weight is 337 g/mol. The van der Waals surface area contributed by atoms with Gasteiger partial charge < -0.3 is 10.3 Å². The number of carbonyl (C=O) groups excluding carboxylic acids is 1. The van der Waals surface area contributed by atoms with Gasteiger partial charge in [-0.3, -0.25) is 10.6 Å². The standard InChI is InChI=1S/C21H27N3O/c1-2-7-20-12-3-4-13-24(20)21(25)18-10-5-8-16(14-18)17-9-6-11-19(15-17)23-22/h5-6,8-11,14-15,20,23H,2-4,7,12-13,22H2,1H3/t20-/m1/s1. The third kappa shape index (κ3) is 4.02. The summed E-state index contributed by atoms with van der Waals surface area (Å²) in [6, 6.07) is 16.2. The van der Waals surface area contributed by atoms with Crippen LogP contribution in [0.4, 0.5) is 5.69 Å². The van der Waals surface area contributed by atoms with Gasteiger partial charge in [-0.05, 0) is 61.1 Å². The summed E-state index contributed by atoms with van der Waals surface area (Å²) < 4.78 is 0. The molecule has 132 valence electrons. The molecule has 1 aliphatic heterocycles. The normalized spacial score (nSPS) is 17.4.